The summed E-state index contributed by atoms with van der Waals surface area (Å²) < 4.78 is 27.2. The molecule has 0 aromatic heterocycles. The van der Waals surface area contributed by atoms with Crippen LogP contribution in [0.2, 0.25) is 0 Å². The van der Waals surface area contributed by atoms with Gasteiger partial charge < -0.3 is 0 Å². The van der Waals surface area contributed by atoms with Gasteiger partial charge in [-0.15, -0.1) is 0 Å². The summed E-state index contributed by atoms with van der Waals surface area (Å²) in [6.07, 6.45) is 14.1. The molecule has 0 heterocycles. The predicted molar refractivity (Wildman–Crippen MR) is 91.4 cm³/mol. The first kappa shape index (κ1) is 16.7. The zero-order chi connectivity index (χ0) is 16.2. The van der Waals surface area contributed by atoms with Crippen molar-refractivity contribution >= 4 is 0 Å². The zero-order valence-electron chi connectivity index (χ0n) is 14.2. The molecule has 0 nitrogen and oxygen atoms in total. The lowest BCUT2D eigenvalue weighted by Crippen LogP contribution is -2.15. The third kappa shape index (κ3) is 4.22. The van der Waals surface area contributed by atoms with Gasteiger partial charge in [0.1, 0.15) is 11.6 Å². The van der Waals surface area contributed by atoms with Gasteiger partial charge in [0, 0.05) is 6.07 Å². The fraction of sp³-hybridized carbons (Fsp3) is 0.619. The molecule has 0 spiro atoms. The molecule has 0 N–H and O–H groups in total. The molecule has 23 heavy (non-hydrogen) atoms. The minimum Gasteiger partial charge on any atom is -0.207 e. The highest BCUT2D eigenvalue weighted by atomic mass is 19.1. The van der Waals surface area contributed by atoms with E-state index in [1.807, 2.05) is 0 Å². The Morgan fingerprint density at radius 3 is 2.39 bits per heavy atom. The second kappa shape index (κ2) is 7.59. The Morgan fingerprint density at radius 2 is 1.70 bits per heavy atom. The third-order valence-corrected chi connectivity index (χ3v) is 5.80. The normalized spacial score (nSPS) is 24.2. The maximum atomic E-state index is 13.8. The molecular weight excluding hydrogens is 290 g/mol. The van der Waals surface area contributed by atoms with E-state index in [1.165, 1.54) is 56.6 Å². The van der Waals surface area contributed by atoms with Crippen LogP contribution in [-0.2, 0) is 12.8 Å². The first-order chi connectivity index (χ1) is 11.2. The summed E-state index contributed by atoms with van der Waals surface area (Å²) in [6, 6.07) is 2.52. The second-order valence-electron chi connectivity index (χ2n) is 7.48. The molecule has 1 aromatic carbocycles. The van der Waals surface area contributed by atoms with E-state index in [9.17, 15) is 8.78 Å². The van der Waals surface area contributed by atoms with Crippen LogP contribution in [0.25, 0.3) is 0 Å². The number of halogens is 2. The molecule has 0 atom stereocenters. The van der Waals surface area contributed by atoms with Crippen molar-refractivity contribution in [1.29, 1.82) is 0 Å². The fourth-order valence-electron chi connectivity index (χ4n) is 4.40. The number of fused-ring (bicyclic) bond motifs is 1. The maximum absolute atomic E-state index is 13.8. The number of benzene rings is 1. The molecule has 2 aliphatic carbocycles. The van der Waals surface area contributed by atoms with Crippen molar-refractivity contribution in [2.24, 2.45) is 11.8 Å². The monoisotopic (exact) mass is 318 g/mol. The Labute approximate surface area is 139 Å². The molecule has 3 rings (SSSR count). The largest absolute Gasteiger partial charge is 0.207 e. The minimum absolute atomic E-state index is 0.385. The first-order valence-electron chi connectivity index (χ1n) is 9.30. The van der Waals surface area contributed by atoms with Gasteiger partial charge in [-0.2, -0.15) is 0 Å². The molecular formula is C21H28F2. The Morgan fingerprint density at radius 1 is 1.00 bits per heavy atom. The number of allylic oxidation sites excluding steroid dienone is 2. The summed E-state index contributed by atoms with van der Waals surface area (Å²) in [7, 11) is 0. The molecule has 0 unspecified atom stereocenters. The standard InChI is InChI=1S/C21H28F2/c1-2-3-15-4-6-16(7-5-15)8-9-17-10-11-20-18(12-17)13-19(22)14-21(20)23/h10,13-16H,2-9,11-12H2,1H3. The van der Waals surface area contributed by atoms with Gasteiger partial charge in [-0.1, -0.05) is 57.1 Å². The summed E-state index contributed by atoms with van der Waals surface area (Å²) in [5.74, 6) is 0.985. The zero-order valence-corrected chi connectivity index (χ0v) is 14.2. The van der Waals surface area contributed by atoms with Crippen LogP contribution in [0.4, 0.5) is 8.78 Å². The van der Waals surface area contributed by atoms with Crippen LogP contribution in [0.15, 0.2) is 23.8 Å². The van der Waals surface area contributed by atoms with Crippen molar-refractivity contribution in [3.05, 3.63) is 46.5 Å². The van der Waals surface area contributed by atoms with Gasteiger partial charge in [0.15, 0.2) is 0 Å². The average molecular weight is 318 g/mol. The lowest BCUT2D eigenvalue weighted by Gasteiger charge is -2.29. The number of hydrogen-bond donors (Lipinski definition) is 0. The third-order valence-electron chi connectivity index (χ3n) is 5.80. The predicted octanol–water partition coefficient (Wildman–Crippen LogP) is 6.38. The molecule has 1 fully saturated rings. The summed E-state index contributed by atoms with van der Waals surface area (Å²) in [6.45, 7) is 2.28. The molecule has 1 aromatic rings. The second-order valence-corrected chi connectivity index (χ2v) is 7.48. The van der Waals surface area contributed by atoms with Crippen LogP contribution in [0.1, 0.15) is 69.4 Å². The van der Waals surface area contributed by atoms with E-state index in [0.29, 0.717) is 12.0 Å². The Bertz CT molecular complexity index is 565. The van der Waals surface area contributed by atoms with Crippen molar-refractivity contribution in [3.63, 3.8) is 0 Å². The van der Waals surface area contributed by atoms with Gasteiger partial charge in [-0.3, -0.25) is 0 Å². The van der Waals surface area contributed by atoms with E-state index < -0.39 is 5.82 Å². The van der Waals surface area contributed by atoms with Gasteiger partial charge in [0.2, 0.25) is 0 Å². The Hall–Kier alpha value is -1.18. The van der Waals surface area contributed by atoms with Crippen LogP contribution in [0.3, 0.4) is 0 Å². The lowest BCUT2D eigenvalue weighted by molar-refractivity contribution is 0.252. The van der Waals surface area contributed by atoms with Crippen LogP contribution in [-0.4, -0.2) is 0 Å². The van der Waals surface area contributed by atoms with Crippen LogP contribution < -0.4 is 0 Å². The van der Waals surface area contributed by atoms with E-state index in [4.69, 9.17) is 0 Å². The van der Waals surface area contributed by atoms with Crippen LogP contribution in [0.5, 0.6) is 0 Å². The molecule has 0 bridgehead atoms. The van der Waals surface area contributed by atoms with E-state index in [1.54, 1.807) is 0 Å². The molecule has 2 heteroatoms. The Balaban J connectivity index is 1.50. The number of hydrogen-bond acceptors (Lipinski definition) is 0. The summed E-state index contributed by atoms with van der Waals surface area (Å²) in [5, 5.41) is 0. The van der Waals surface area contributed by atoms with E-state index in [-0.39, 0.29) is 5.82 Å². The van der Waals surface area contributed by atoms with Gasteiger partial charge >= 0.3 is 0 Å². The average Bonchev–Trinajstić information content (AvgIpc) is 2.54. The maximum Gasteiger partial charge on any atom is 0.129 e. The van der Waals surface area contributed by atoms with Crippen molar-refractivity contribution < 1.29 is 8.78 Å². The van der Waals surface area contributed by atoms with E-state index in [0.717, 1.165) is 36.3 Å². The lowest BCUT2D eigenvalue weighted by atomic mass is 9.77. The molecule has 126 valence electrons. The van der Waals surface area contributed by atoms with Gasteiger partial charge in [0.05, 0.1) is 0 Å². The SMILES string of the molecule is CCCC1CCC(CCC2=CCc3c(F)cc(F)cc3C2)CC1. The molecule has 0 saturated heterocycles. The van der Waals surface area contributed by atoms with E-state index >= 15 is 0 Å². The molecule has 0 radical (unpaired) electrons. The van der Waals surface area contributed by atoms with Gasteiger partial charge in [0.25, 0.3) is 0 Å². The number of rotatable bonds is 5. The summed E-state index contributed by atoms with van der Waals surface area (Å²) >= 11 is 0. The quantitative estimate of drug-likeness (QED) is 0.553. The summed E-state index contributed by atoms with van der Waals surface area (Å²) in [5.41, 5.74) is 2.92. The van der Waals surface area contributed by atoms with Crippen molar-refractivity contribution in [2.75, 3.05) is 0 Å². The van der Waals surface area contributed by atoms with E-state index in [2.05, 4.69) is 13.0 Å². The minimum atomic E-state index is -0.447. The topological polar surface area (TPSA) is 0 Å². The highest BCUT2D eigenvalue weighted by molar-refractivity contribution is 5.38. The van der Waals surface area contributed by atoms with Crippen molar-refractivity contribution in [2.45, 2.75) is 71.1 Å². The van der Waals surface area contributed by atoms with Crippen LogP contribution in [0, 0.1) is 23.5 Å². The molecule has 0 aliphatic heterocycles. The smallest absolute Gasteiger partial charge is 0.129 e. The fourth-order valence-corrected chi connectivity index (χ4v) is 4.40. The summed E-state index contributed by atoms with van der Waals surface area (Å²) in [4.78, 5) is 0. The molecule has 2 aliphatic rings. The highest BCUT2D eigenvalue weighted by Crippen LogP contribution is 2.35. The van der Waals surface area contributed by atoms with Crippen LogP contribution >= 0.6 is 0 Å². The first-order valence-corrected chi connectivity index (χ1v) is 9.30. The molecule has 0 amide bonds. The van der Waals surface area contributed by atoms with Crippen molar-refractivity contribution in [3.8, 4) is 0 Å². The van der Waals surface area contributed by atoms with Gasteiger partial charge in [-0.05, 0) is 54.7 Å². The molecule has 1 saturated carbocycles. The van der Waals surface area contributed by atoms with Crippen molar-refractivity contribution in [1.82, 2.24) is 0 Å². The Kier molecular flexibility index (Phi) is 5.50. The highest BCUT2D eigenvalue weighted by Gasteiger charge is 2.22. The van der Waals surface area contributed by atoms with Gasteiger partial charge in [-0.25, -0.2) is 8.78 Å².